The molecule has 1 fully saturated rings. The summed E-state index contributed by atoms with van der Waals surface area (Å²) < 4.78 is 7.66. The predicted molar refractivity (Wildman–Crippen MR) is 124 cm³/mol. The van der Waals surface area contributed by atoms with Crippen LogP contribution in [-0.2, 0) is 11.3 Å². The van der Waals surface area contributed by atoms with Crippen molar-refractivity contribution in [1.82, 2.24) is 14.8 Å². The van der Waals surface area contributed by atoms with Gasteiger partial charge in [-0.2, -0.15) is 0 Å². The number of thioether (sulfide) groups is 1. The van der Waals surface area contributed by atoms with Crippen molar-refractivity contribution < 1.29 is 9.21 Å². The van der Waals surface area contributed by atoms with E-state index in [1.165, 1.54) is 11.8 Å². The minimum absolute atomic E-state index is 0.0552. The van der Waals surface area contributed by atoms with E-state index in [0.717, 1.165) is 54.4 Å². The molecule has 1 saturated heterocycles. The van der Waals surface area contributed by atoms with Crippen molar-refractivity contribution in [3.8, 4) is 0 Å². The maximum Gasteiger partial charge on any atom is 0.237 e. The molecular weight excluding hydrogens is 410 g/mol. The molecule has 1 aromatic carbocycles. The lowest BCUT2D eigenvalue weighted by Gasteiger charge is -2.31. The maximum absolute atomic E-state index is 12.9. The first-order valence-corrected chi connectivity index (χ1v) is 11.8. The minimum Gasteiger partial charge on any atom is -0.467 e. The van der Waals surface area contributed by atoms with E-state index in [1.54, 1.807) is 11.2 Å². The highest BCUT2D eigenvalue weighted by Crippen LogP contribution is 2.27. The molecule has 0 saturated carbocycles. The van der Waals surface area contributed by atoms with Gasteiger partial charge in [-0.25, -0.2) is 0 Å². The van der Waals surface area contributed by atoms with Crippen LogP contribution in [0.1, 0.15) is 32.4 Å². The number of hydrogen-bond acceptors (Lipinski definition) is 6. The number of carbonyl (C=O) groups is 1. The zero-order valence-electron chi connectivity index (χ0n) is 18.1. The molecule has 4 rings (SSSR count). The Morgan fingerprint density at radius 3 is 2.61 bits per heavy atom. The number of amides is 1. The highest BCUT2D eigenvalue weighted by Gasteiger charge is 2.24. The third-order valence-electron chi connectivity index (χ3n) is 5.67. The predicted octanol–water partition coefficient (Wildman–Crippen LogP) is 4.30. The van der Waals surface area contributed by atoms with Gasteiger partial charge in [0, 0.05) is 25.3 Å². The summed E-state index contributed by atoms with van der Waals surface area (Å²) in [6.45, 7) is 7.40. The lowest BCUT2D eigenvalue weighted by molar-refractivity contribution is -0.116. The molecule has 2 aromatic heterocycles. The third kappa shape index (κ3) is 5.12. The van der Waals surface area contributed by atoms with Crippen molar-refractivity contribution >= 4 is 29.3 Å². The van der Waals surface area contributed by atoms with Crippen LogP contribution < -0.4 is 9.80 Å². The number of rotatable bonds is 8. The Morgan fingerprint density at radius 2 is 1.94 bits per heavy atom. The van der Waals surface area contributed by atoms with E-state index in [-0.39, 0.29) is 5.91 Å². The van der Waals surface area contributed by atoms with Gasteiger partial charge in [0.25, 0.3) is 0 Å². The lowest BCUT2D eigenvalue weighted by Crippen LogP contribution is -2.35. The van der Waals surface area contributed by atoms with Gasteiger partial charge in [-0.1, -0.05) is 36.9 Å². The monoisotopic (exact) mass is 439 g/mol. The lowest BCUT2D eigenvalue weighted by atomic mass is 10.00. The average molecular weight is 440 g/mol. The molecule has 7 nitrogen and oxygen atoms in total. The van der Waals surface area contributed by atoms with Gasteiger partial charge < -0.3 is 14.2 Å². The van der Waals surface area contributed by atoms with Crippen molar-refractivity contribution in [2.45, 2.75) is 38.4 Å². The Labute approximate surface area is 187 Å². The highest BCUT2D eigenvalue weighted by atomic mass is 32.2. The van der Waals surface area contributed by atoms with Crippen LogP contribution in [0.5, 0.6) is 0 Å². The van der Waals surface area contributed by atoms with Crippen LogP contribution >= 0.6 is 11.8 Å². The van der Waals surface area contributed by atoms with Crippen molar-refractivity contribution in [3.63, 3.8) is 0 Å². The fraction of sp³-hybridized carbons (Fsp3) is 0.435. The summed E-state index contributed by atoms with van der Waals surface area (Å²) in [6, 6.07) is 13.6. The first kappa shape index (κ1) is 21.5. The number of aromatic nitrogens is 3. The number of piperidine rings is 1. The van der Waals surface area contributed by atoms with E-state index in [1.807, 2.05) is 49.4 Å². The van der Waals surface area contributed by atoms with Crippen LogP contribution in [0.25, 0.3) is 0 Å². The molecule has 3 aromatic rings. The molecule has 0 radical (unpaired) electrons. The molecule has 1 aliphatic rings. The van der Waals surface area contributed by atoms with Gasteiger partial charge in [0.1, 0.15) is 5.76 Å². The van der Waals surface area contributed by atoms with E-state index in [4.69, 9.17) is 4.42 Å². The van der Waals surface area contributed by atoms with Gasteiger partial charge in [0.2, 0.25) is 11.9 Å². The van der Waals surface area contributed by atoms with E-state index >= 15 is 0 Å². The summed E-state index contributed by atoms with van der Waals surface area (Å²) in [5, 5.41) is 9.68. The van der Waals surface area contributed by atoms with Crippen LogP contribution in [0.4, 0.5) is 11.6 Å². The SMILES string of the molecule is CCN(C(=O)CSc1nnc(N2CCC(C)CC2)n1Cc1ccco1)c1ccccc1. The molecule has 31 heavy (non-hydrogen) atoms. The van der Waals surface area contributed by atoms with Gasteiger partial charge in [0.15, 0.2) is 5.16 Å². The Kier molecular flexibility index (Phi) is 6.96. The van der Waals surface area contributed by atoms with Gasteiger partial charge in [0.05, 0.1) is 18.6 Å². The van der Waals surface area contributed by atoms with Gasteiger partial charge in [-0.15, -0.1) is 10.2 Å². The zero-order chi connectivity index (χ0) is 21.6. The van der Waals surface area contributed by atoms with Crippen LogP contribution in [0.3, 0.4) is 0 Å². The first-order chi connectivity index (χ1) is 15.2. The molecule has 0 atom stereocenters. The van der Waals surface area contributed by atoms with Gasteiger partial charge >= 0.3 is 0 Å². The molecule has 1 amide bonds. The number of hydrogen-bond donors (Lipinski definition) is 0. The number of para-hydroxylation sites is 1. The number of benzene rings is 1. The maximum atomic E-state index is 12.9. The highest BCUT2D eigenvalue weighted by molar-refractivity contribution is 7.99. The average Bonchev–Trinajstić information content (AvgIpc) is 3.45. The summed E-state index contributed by atoms with van der Waals surface area (Å²) in [5.74, 6) is 2.80. The summed E-state index contributed by atoms with van der Waals surface area (Å²) in [6.07, 6.45) is 3.98. The number of anilines is 2. The molecule has 164 valence electrons. The van der Waals surface area contributed by atoms with E-state index in [9.17, 15) is 4.79 Å². The summed E-state index contributed by atoms with van der Waals surface area (Å²) in [5.41, 5.74) is 0.913. The van der Waals surface area contributed by atoms with Gasteiger partial charge in [-0.05, 0) is 49.9 Å². The molecule has 1 aliphatic heterocycles. The fourth-order valence-corrected chi connectivity index (χ4v) is 4.65. The first-order valence-electron chi connectivity index (χ1n) is 10.8. The second kappa shape index (κ2) is 10.0. The third-order valence-corrected chi connectivity index (χ3v) is 6.62. The molecular formula is C23H29N5O2S. The van der Waals surface area contributed by atoms with Crippen molar-refractivity contribution in [2.24, 2.45) is 5.92 Å². The zero-order valence-corrected chi connectivity index (χ0v) is 18.9. The van der Waals surface area contributed by atoms with E-state index in [2.05, 4.69) is 26.6 Å². The number of furan rings is 1. The quantitative estimate of drug-likeness (QED) is 0.488. The van der Waals surface area contributed by atoms with Crippen LogP contribution in [0.15, 0.2) is 58.3 Å². The molecule has 0 aliphatic carbocycles. The van der Waals surface area contributed by atoms with Crippen molar-refractivity contribution in [3.05, 3.63) is 54.5 Å². The van der Waals surface area contributed by atoms with Gasteiger partial charge in [-0.3, -0.25) is 9.36 Å². The van der Waals surface area contributed by atoms with Crippen molar-refractivity contribution in [2.75, 3.05) is 35.2 Å². The van der Waals surface area contributed by atoms with Crippen LogP contribution in [0.2, 0.25) is 0 Å². The largest absolute Gasteiger partial charge is 0.467 e. The number of carbonyl (C=O) groups excluding carboxylic acids is 1. The Bertz CT molecular complexity index is 965. The summed E-state index contributed by atoms with van der Waals surface area (Å²) >= 11 is 1.43. The van der Waals surface area contributed by atoms with Crippen LogP contribution in [-0.4, -0.2) is 46.1 Å². The van der Waals surface area contributed by atoms with Crippen molar-refractivity contribution in [1.29, 1.82) is 0 Å². The molecule has 3 heterocycles. The summed E-state index contributed by atoms with van der Waals surface area (Å²) in [7, 11) is 0. The molecule has 8 heteroatoms. The fourth-order valence-electron chi connectivity index (χ4n) is 3.84. The molecule has 0 bridgehead atoms. The van der Waals surface area contributed by atoms with E-state index < -0.39 is 0 Å². The normalized spacial score (nSPS) is 14.7. The Hall–Kier alpha value is -2.74. The Morgan fingerprint density at radius 1 is 1.16 bits per heavy atom. The second-order valence-corrected chi connectivity index (χ2v) is 8.82. The second-order valence-electron chi connectivity index (χ2n) is 7.88. The standard InChI is InChI=1S/C23H29N5O2S/c1-3-27(19-8-5-4-6-9-19)21(29)17-31-23-25-24-22(26-13-11-18(2)12-14-26)28(23)16-20-10-7-15-30-20/h4-10,15,18H,3,11-14,16-17H2,1-2H3. The number of nitrogens with zero attached hydrogens (tertiary/aromatic N) is 5. The smallest absolute Gasteiger partial charge is 0.237 e. The van der Waals surface area contributed by atoms with E-state index in [0.29, 0.717) is 18.8 Å². The molecule has 0 spiro atoms. The molecule has 0 unspecified atom stereocenters. The Balaban J connectivity index is 1.51. The molecule has 0 N–H and O–H groups in total. The minimum atomic E-state index is 0.0552. The van der Waals surface area contributed by atoms with Crippen LogP contribution in [0, 0.1) is 5.92 Å². The summed E-state index contributed by atoms with van der Waals surface area (Å²) in [4.78, 5) is 17.0. The topological polar surface area (TPSA) is 67.4 Å².